The molecule has 92 valence electrons. The van der Waals surface area contributed by atoms with Crippen molar-refractivity contribution in [2.45, 2.75) is 13.3 Å². The molecule has 0 bridgehead atoms. The molecule has 0 aliphatic rings. The number of aromatic nitrogens is 2. The largest absolute Gasteiger partial charge is 0.319 e. The smallest absolute Gasteiger partial charge is 0.105 e. The number of hydrogen-bond donors (Lipinski definition) is 1. The van der Waals surface area contributed by atoms with Crippen LogP contribution in [0, 0.1) is 6.92 Å². The van der Waals surface area contributed by atoms with Crippen LogP contribution in [0.2, 0.25) is 0 Å². The highest BCUT2D eigenvalue weighted by atomic mass is 79.9. The molecule has 17 heavy (non-hydrogen) atoms. The van der Waals surface area contributed by atoms with E-state index in [4.69, 9.17) is 0 Å². The first kappa shape index (κ1) is 12.8. The first-order chi connectivity index (χ1) is 8.13. The molecule has 0 spiro atoms. The molecular formula is C12H16BrN3S. The summed E-state index contributed by atoms with van der Waals surface area (Å²) in [6, 6.07) is 2.13. The predicted molar refractivity (Wildman–Crippen MR) is 76.6 cm³/mol. The first-order valence-corrected chi connectivity index (χ1v) is 7.22. The van der Waals surface area contributed by atoms with Gasteiger partial charge in [-0.05, 0) is 41.5 Å². The van der Waals surface area contributed by atoms with Gasteiger partial charge in [0.05, 0.1) is 4.88 Å². The van der Waals surface area contributed by atoms with E-state index in [1.54, 1.807) is 11.3 Å². The molecule has 0 radical (unpaired) electrons. The minimum atomic E-state index is 0.980. The van der Waals surface area contributed by atoms with Crippen molar-refractivity contribution in [3.8, 4) is 10.6 Å². The van der Waals surface area contributed by atoms with Crippen molar-refractivity contribution in [2.24, 2.45) is 7.05 Å². The molecule has 0 saturated carbocycles. The molecule has 0 saturated heterocycles. The average Bonchev–Trinajstić information content (AvgIpc) is 2.82. The number of halogens is 1. The van der Waals surface area contributed by atoms with Gasteiger partial charge in [0.25, 0.3) is 0 Å². The Labute approximate surface area is 114 Å². The average molecular weight is 314 g/mol. The predicted octanol–water partition coefficient (Wildman–Crippen LogP) is 2.98. The molecule has 1 N–H and O–H groups in total. The maximum absolute atomic E-state index is 4.63. The van der Waals surface area contributed by atoms with Gasteiger partial charge in [0.2, 0.25) is 0 Å². The SMILES string of the molecule is CNCCc1c(C)c(-c2cc(Br)cs2)nn1C. The van der Waals surface area contributed by atoms with Crippen LogP contribution in [0.3, 0.4) is 0 Å². The van der Waals surface area contributed by atoms with E-state index in [1.165, 1.54) is 16.1 Å². The molecule has 5 heteroatoms. The van der Waals surface area contributed by atoms with Gasteiger partial charge in [-0.3, -0.25) is 4.68 Å². The van der Waals surface area contributed by atoms with Crippen molar-refractivity contribution in [3.05, 3.63) is 27.2 Å². The molecule has 3 nitrogen and oxygen atoms in total. The van der Waals surface area contributed by atoms with Crippen LogP contribution in [0.1, 0.15) is 11.3 Å². The Morgan fingerprint density at radius 1 is 1.53 bits per heavy atom. The quantitative estimate of drug-likeness (QED) is 0.940. The number of aryl methyl sites for hydroxylation is 1. The summed E-state index contributed by atoms with van der Waals surface area (Å²) in [5.74, 6) is 0. The summed E-state index contributed by atoms with van der Waals surface area (Å²) in [7, 11) is 3.99. The van der Waals surface area contributed by atoms with Gasteiger partial charge < -0.3 is 5.32 Å². The third-order valence-electron chi connectivity index (χ3n) is 2.84. The van der Waals surface area contributed by atoms with Crippen molar-refractivity contribution >= 4 is 27.3 Å². The maximum atomic E-state index is 4.63. The number of likely N-dealkylation sites (N-methyl/N-ethyl adjacent to an activating group) is 1. The minimum absolute atomic E-state index is 0.980. The van der Waals surface area contributed by atoms with E-state index in [-0.39, 0.29) is 0 Å². The van der Waals surface area contributed by atoms with E-state index in [0.29, 0.717) is 0 Å². The van der Waals surface area contributed by atoms with Crippen molar-refractivity contribution in [1.29, 1.82) is 0 Å². The molecule has 0 aromatic carbocycles. The van der Waals surface area contributed by atoms with Crippen molar-refractivity contribution in [3.63, 3.8) is 0 Å². The van der Waals surface area contributed by atoms with Gasteiger partial charge in [-0.15, -0.1) is 11.3 Å². The standard InChI is InChI=1S/C12H16BrN3S/c1-8-10(4-5-14-2)16(3)15-12(8)11-6-9(13)7-17-11/h6-7,14H,4-5H2,1-3H3. The van der Waals surface area contributed by atoms with Crippen LogP contribution in [0.5, 0.6) is 0 Å². The lowest BCUT2D eigenvalue weighted by molar-refractivity contribution is 0.680. The second kappa shape index (κ2) is 5.33. The summed E-state index contributed by atoms with van der Waals surface area (Å²) in [5, 5.41) is 9.90. The Morgan fingerprint density at radius 2 is 2.29 bits per heavy atom. The van der Waals surface area contributed by atoms with Crippen LogP contribution >= 0.6 is 27.3 Å². The third kappa shape index (κ3) is 2.61. The summed E-state index contributed by atoms with van der Waals surface area (Å²) in [5.41, 5.74) is 3.70. The monoisotopic (exact) mass is 313 g/mol. The second-order valence-corrected chi connectivity index (χ2v) is 5.85. The second-order valence-electron chi connectivity index (χ2n) is 4.03. The lowest BCUT2D eigenvalue weighted by Gasteiger charge is -2.02. The van der Waals surface area contributed by atoms with Gasteiger partial charge in [-0.1, -0.05) is 0 Å². The summed E-state index contributed by atoms with van der Waals surface area (Å²) >= 11 is 5.21. The van der Waals surface area contributed by atoms with Crippen molar-refractivity contribution in [1.82, 2.24) is 15.1 Å². The Bertz CT molecular complexity index is 516. The van der Waals surface area contributed by atoms with Gasteiger partial charge in [-0.2, -0.15) is 5.10 Å². The fraction of sp³-hybridized carbons (Fsp3) is 0.417. The lowest BCUT2D eigenvalue weighted by Crippen LogP contribution is -2.13. The van der Waals surface area contributed by atoms with Crippen LogP contribution in [0.15, 0.2) is 15.9 Å². The highest BCUT2D eigenvalue weighted by molar-refractivity contribution is 9.10. The van der Waals surface area contributed by atoms with Crippen LogP contribution in [0.25, 0.3) is 10.6 Å². The highest BCUT2D eigenvalue weighted by Crippen LogP contribution is 2.32. The molecule has 0 atom stereocenters. The normalized spacial score (nSPS) is 11.1. The third-order valence-corrected chi connectivity index (χ3v) is 4.54. The zero-order valence-corrected chi connectivity index (χ0v) is 12.7. The molecule has 2 aromatic heterocycles. The molecule has 0 aliphatic carbocycles. The Kier molecular flexibility index (Phi) is 4.01. The lowest BCUT2D eigenvalue weighted by atomic mass is 10.1. The highest BCUT2D eigenvalue weighted by Gasteiger charge is 2.14. The van der Waals surface area contributed by atoms with E-state index < -0.39 is 0 Å². The Balaban J connectivity index is 2.36. The minimum Gasteiger partial charge on any atom is -0.319 e. The van der Waals surface area contributed by atoms with E-state index in [0.717, 1.165) is 23.1 Å². The Hall–Kier alpha value is -0.650. The van der Waals surface area contributed by atoms with Gasteiger partial charge in [0, 0.05) is 35.6 Å². The fourth-order valence-corrected chi connectivity index (χ4v) is 3.40. The number of nitrogens with one attached hydrogen (secondary N) is 1. The molecule has 2 heterocycles. The molecule has 0 unspecified atom stereocenters. The summed E-state index contributed by atoms with van der Waals surface area (Å²) < 4.78 is 3.12. The van der Waals surface area contributed by atoms with E-state index in [1.807, 2.05) is 18.8 Å². The number of hydrogen-bond acceptors (Lipinski definition) is 3. The zero-order valence-electron chi connectivity index (χ0n) is 10.2. The summed E-state index contributed by atoms with van der Waals surface area (Å²) in [6.07, 6.45) is 1.01. The van der Waals surface area contributed by atoms with Gasteiger partial charge in [-0.25, -0.2) is 0 Å². The Morgan fingerprint density at radius 3 is 2.88 bits per heavy atom. The van der Waals surface area contributed by atoms with Gasteiger partial charge in [0.15, 0.2) is 0 Å². The number of nitrogens with zero attached hydrogens (tertiary/aromatic N) is 2. The first-order valence-electron chi connectivity index (χ1n) is 5.55. The molecule has 0 fully saturated rings. The molecular weight excluding hydrogens is 298 g/mol. The van der Waals surface area contributed by atoms with Crippen LogP contribution in [0.4, 0.5) is 0 Å². The van der Waals surface area contributed by atoms with E-state index >= 15 is 0 Å². The van der Waals surface area contributed by atoms with Crippen LogP contribution in [-0.2, 0) is 13.5 Å². The van der Waals surface area contributed by atoms with Crippen molar-refractivity contribution < 1.29 is 0 Å². The van der Waals surface area contributed by atoms with Crippen LogP contribution < -0.4 is 5.32 Å². The maximum Gasteiger partial charge on any atom is 0.105 e. The molecule has 0 aliphatic heterocycles. The van der Waals surface area contributed by atoms with E-state index in [9.17, 15) is 0 Å². The molecule has 0 amide bonds. The number of rotatable bonds is 4. The summed E-state index contributed by atoms with van der Waals surface area (Å²) in [4.78, 5) is 1.22. The topological polar surface area (TPSA) is 29.9 Å². The molecule has 2 rings (SSSR count). The number of thiophene rings is 1. The van der Waals surface area contributed by atoms with Gasteiger partial charge >= 0.3 is 0 Å². The van der Waals surface area contributed by atoms with E-state index in [2.05, 4.69) is 44.7 Å². The molecule has 2 aromatic rings. The van der Waals surface area contributed by atoms with Crippen molar-refractivity contribution in [2.75, 3.05) is 13.6 Å². The fourth-order valence-electron chi connectivity index (χ4n) is 1.93. The van der Waals surface area contributed by atoms with Gasteiger partial charge in [0.1, 0.15) is 5.69 Å². The summed E-state index contributed by atoms with van der Waals surface area (Å²) in [6.45, 7) is 3.13. The zero-order chi connectivity index (χ0) is 12.4. The van der Waals surface area contributed by atoms with Crippen LogP contribution in [-0.4, -0.2) is 23.4 Å².